The second-order valence-corrected chi connectivity index (χ2v) is 3.23. The standard InChI is InChI=1S/C7H9ClN4/c1-4-9-6(8)12-7(10-4)11-5-2-3-5/h5H,2-3H2,1H3,(H,9,10,11,12). The lowest BCUT2D eigenvalue weighted by Gasteiger charge is -2.02. The summed E-state index contributed by atoms with van der Waals surface area (Å²) in [5, 5.41) is 3.41. The van der Waals surface area contributed by atoms with Crippen LogP contribution in [-0.4, -0.2) is 21.0 Å². The van der Waals surface area contributed by atoms with Gasteiger partial charge in [0, 0.05) is 6.04 Å². The number of aromatic nitrogens is 3. The number of aryl methyl sites for hydroxylation is 1. The molecule has 5 heteroatoms. The number of halogens is 1. The minimum absolute atomic E-state index is 0.255. The Balaban J connectivity index is 2.18. The van der Waals surface area contributed by atoms with Crippen molar-refractivity contribution >= 4 is 17.5 Å². The monoisotopic (exact) mass is 184 g/mol. The molecule has 0 unspecified atom stereocenters. The van der Waals surface area contributed by atoms with Crippen LogP contribution < -0.4 is 5.32 Å². The summed E-state index contributed by atoms with van der Waals surface area (Å²) in [4.78, 5) is 11.9. The smallest absolute Gasteiger partial charge is 0.227 e. The van der Waals surface area contributed by atoms with Gasteiger partial charge in [0.2, 0.25) is 11.2 Å². The van der Waals surface area contributed by atoms with E-state index in [9.17, 15) is 0 Å². The minimum atomic E-state index is 0.255. The molecule has 0 bridgehead atoms. The molecular weight excluding hydrogens is 176 g/mol. The highest BCUT2D eigenvalue weighted by molar-refractivity contribution is 6.28. The fourth-order valence-corrected chi connectivity index (χ4v) is 1.13. The molecule has 1 aromatic heterocycles. The zero-order valence-corrected chi connectivity index (χ0v) is 7.47. The third kappa shape index (κ3) is 1.82. The van der Waals surface area contributed by atoms with Crippen molar-refractivity contribution in [3.8, 4) is 0 Å². The van der Waals surface area contributed by atoms with Crippen LogP contribution in [0.4, 0.5) is 5.95 Å². The Hall–Kier alpha value is -0.900. The summed E-state index contributed by atoms with van der Waals surface area (Å²) in [6, 6.07) is 0.544. The van der Waals surface area contributed by atoms with Crippen LogP contribution in [0.25, 0.3) is 0 Å². The number of nitrogens with one attached hydrogen (secondary N) is 1. The van der Waals surface area contributed by atoms with Gasteiger partial charge in [0.15, 0.2) is 0 Å². The highest BCUT2D eigenvalue weighted by atomic mass is 35.5. The summed E-state index contributed by atoms with van der Waals surface area (Å²) in [7, 11) is 0. The normalized spacial score (nSPS) is 16.2. The van der Waals surface area contributed by atoms with Gasteiger partial charge in [-0.05, 0) is 31.4 Å². The quantitative estimate of drug-likeness (QED) is 0.755. The van der Waals surface area contributed by atoms with E-state index in [0.717, 1.165) is 0 Å². The Morgan fingerprint density at radius 2 is 2.08 bits per heavy atom. The molecule has 0 spiro atoms. The third-order valence-corrected chi connectivity index (χ3v) is 1.80. The molecule has 1 fully saturated rings. The Morgan fingerprint density at radius 1 is 1.33 bits per heavy atom. The van der Waals surface area contributed by atoms with E-state index in [1.807, 2.05) is 0 Å². The molecule has 12 heavy (non-hydrogen) atoms. The van der Waals surface area contributed by atoms with Crippen molar-refractivity contribution in [3.63, 3.8) is 0 Å². The van der Waals surface area contributed by atoms with Crippen molar-refractivity contribution in [1.29, 1.82) is 0 Å². The van der Waals surface area contributed by atoms with Gasteiger partial charge in [0.1, 0.15) is 5.82 Å². The lowest BCUT2D eigenvalue weighted by atomic mass is 10.6. The first-order chi connectivity index (χ1) is 5.74. The summed E-state index contributed by atoms with van der Waals surface area (Å²) in [6.45, 7) is 1.80. The largest absolute Gasteiger partial charge is 0.351 e. The molecule has 2 rings (SSSR count). The van der Waals surface area contributed by atoms with Crippen LogP contribution in [0.1, 0.15) is 18.7 Å². The highest BCUT2D eigenvalue weighted by Gasteiger charge is 2.22. The molecule has 4 nitrogen and oxygen atoms in total. The molecule has 0 amide bonds. The van der Waals surface area contributed by atoms with Gasteiger partial charge in [-0.2, -0.15) is 9.97 Å². The third-order valence-electron chi connectivity index (χ3n) is 1.63. The number of hydrogen-bond donors (Lipinski definition) is 1. The van der Waals surface area contributed by atoms with E-state index in [1.54, 1.807) is 6.92 Å². The molecule has 1 aliphatic rings. The molecule has 0 saturated heterocycles. The van der Waals surface area contributed by atoms with Crippen molar-refractivity contribution < 1.29 is 0 Å². The van der Waals surface area contributed by atoms with E-state index in [0.29, 0.717) is 17.8 Å². The lowest BCUT2D eigenvalue weighted by molar-refractivity contribution is 0.952. The van der Waals surface area contributed by atoms with Crippen LogP contribution in [0, 0.1) is 6.92 Å². The molecule has 0 aliphatic heterocycles. The Labute approximate surface area is 75.4 Å². The van der Waals surface area contributed by atoms with Crippen molar-refractivity contribution in [2.45, 2.75) is 25.8 Å². The fraction of sp³-hybridized carbons (Fsp3) is 0.571. The van der Waals surface area contributed by atoms with Crippen LogP contribution in [-0.2, 0) is 0 Å². The van der Waals surface area contributed by atoms with Gasteiger partial charge < -0.3 is 5.32 Å². The van der Waals surface area contributed by atoms with Gasteiger partial charge in [-0.15, -0.1) is 0 Å². The molecule has 0 radical (unpaired) electrons. The van der Waals surface area contributed by atoms with Crippen molar-refractivity contribution in [2.24, 2.45) is 0 Å². The van der Waals surface area contributed by atoms with Gasteiger partial charge in [0.25, 0.3) is 0 Å². The van der Waals surface area contributed by atoms with E-state index in [-0.39, 0.29) is 5.28 Å². The number of hydrogen-bond acceptors (Lipinski definition) is 4. The molecule has 64 valence electrons. The number of nitrogens with zero attached hydrogens (tertiary/aromatic N) is 3. The maximum Gasteiger partial charge on any atom is 0.227 e. The fourth-order valence-electron chi connectivity index (χ4n) is 0.924. The van der Waals surface area contributed by atoms with Crippen LogP contribution >= 0.6 is 11.6 Å². The Bertz CT molecular complexity index is 277. The van der Waals surface area contributed by atoms with Gasteiger partial charge in [-0.3, -0.25) is 0 Å². The molecule has 1 aliphatic carbocycles. The summed E-state index contributed by atoms with van der Waals surface area (Å²) in [5.74, 6) is 1.24. The van der Waals surface area contributed by atoms with Gasteiger partial charge in [0.05, 0.1) is 0 Å². The average molecular weight is 185 g/mol. The van der Waals surface area contributed by atoms with Gasteiger partial charge in [-0.25, -0.2) is 4.98 Å². The molecule has 0 atom stereocenters. The SMILES string of the molecule is Cc1nc(Cl)nc(NC2CC2)n1. The maximum atomic E-state index is 5.65. The molecule has 1 heterocycles. The Morgan fingerprint density at radius 3 is 2.67 bits per heavy atom. The molecule has 0 aromatic carbocycles. The predicted octanol–water partition coefficient (Wildman–Crippen LogP) is 1.41. The van der Waals surface area contributed by atoms with Crippen LogP contribution in [0.15, 0.2) is 0 Å². The van der Waals surface area contributed by atoms with E-state index in [4.69, 9.17) is 11.6 Å². The lowest BCUT2D eigenvalue weighted by Crippen LogP contribution is -2.07. The predicted molar refractivity (Wildman–Crippen MR) is 46.2 cm³/mol. The number of rotatable bonds is 2. The summed E-state index contributed by atoms with van der Waals surface area (Å²) in [5.41, 5.74) is 0. The maximum absolute atomic E-state index is 5.65. The molecule has 1 N–H and O–H groups in total. The second kappa shape index (κ2) is 2.86. The van der Waals surface area contributed by atoms with E-state index >= 15 is 0 Å². The van der Waals surface area contributed by atoms with Gasteiger partial charge in [-0.1, -0.05) is 0 Å². The first kappa shape index (κ1) is 7.73. The molecule has 1 aromatic rings. The highest BCUT2D eigenvalue weighted by Crippen LogP contribution is 2.22. The first-order valence-electron chi connectivity index (χ1n) is 3.89. The van der Waals surface area contributed by atoms with Crippen molar-refractivity contribution in [2.75, 3.05) is 5.32 Å². The summed E-state index contributed by atoms with van der Waals surface area (Å²) in [6.07, 6.45) is 2.39. The van der Waals surface area contributed by atoms with E-state index in [1.165, 1.54) is 12.8 Å². The van der Waals surface area contributed by atoms with Gasteiger partial charge >= 0.3 is 0 Å². The number of anilines is 1. The first-order valence-corrected chi connectivity index (χ1v) is 4.26. The van der Waals surface area contributed by atoms with E-state index in [2.05, 4.69) is 20.3 Å². The van der Waals surface area contributed by atoms with Crippen LogP contribution in [0.3, 0.4) is 0 Å². The van der Waals surface area contributed by atoms with Crippen molar-refractivity contribution in [3.05, 3.63) is 11.1 Å². The molecule has 1 saturated carbocycles. The minimum Gasteiger partial charge on any atom is -0.351 e. The topological polar surface area (TPSA) is 50.7 Å². The zero-order chi connectivity index (χ0) is 8.55. The zero-order valence-electron chi connectivity index (χ0n) is 6.71. The van der Waals surface area contributed by atoms with Crippen LogP contribution in [0.2, 0.25) is 5.28 Å². The van der Waals surface area contributed by atoms with Crippen LogP contribution in [0.5, 0.6) is 0 Å². The average Bonchev–Trinajstić information content (AvgIpc) is 2.68. The summed E-state index contributed by atoms with van der Waals surface area (Å²) < 4.78 is 0. The molecular formula is C7H9ClN4. The summed E-state index contributed by atoms with van der Waals surface area (Å²) >= 11 is 5.65. The van der Waals surface area contributed by atoms with E-state index < -0.39 is 0 Å². The second-order valence-electron chi connectivity index (χ2n) is 2.89. The Kier molecular flexibility index (Phi) is 1.84. The van der Waals surface area contributed by atoms with Crippen molar-refractivity contribution in [1.82, 2.24) is 15.0 Å².